The van der Waals surface area contributed by atoms with Gasteiger partial charge in [-0.25, -0.2) is 12.8 Å². The number of rotatable bonds is 5. The molecule has 1 rings (SSSR count). The summed E-state index contributed by atoms with van der Waals surface area (Å²) in [4.78, 5) is -0.0290. The number of halogens is 2. The minimum Gasteiger partial charge on any atom is -0.207 e. The van der Waals surface area contributed by atoms with E-state index in [0.29, 0.717) is 5.75 Å². The van der Waals surface area contributed by atoms with Gasteiger partial charge in [-0.05, 0) is 47.3 Å². The van der Waals surface area contributed by atoms with Crippen LogP contribution in [0.1, 0.15) is 6.92 Å². The Hall–Kier alpha value is -0.110. The highest BCUT2D eigenvalue weighted by Crippen LogP contribution is 2.23. The molecule has 0 heterocycles. The quantitative estimate of drug-likeness (QED) is 0.814. The fraction of sp³-hybridized carbons (Fsp3) is 0.455. The standard InChI is InChI=1S/C11H15BrFNO2S2/c1-8(7-17-3)14(2)18(15,16)9-4-5-10(12)11(13)6-9/h4-6,8H,7H2,1-3H3. The highest BCUT2D eigenvalue weighted by molar-refractivity contribution is 9.10. The zero-order valence-electron chi connectivity index (χ0n) is 10.4. The van der Waals surface area contributed by atoms with Crippen molar-refractivity contribution >= 4 is 37.7 Å². The molecule has 0 fully saturated rings. The lowest BCUT2D eigenvalue weighted by Gasteiger charge is -2.23. The van der Waals surface area contributed by atoms with Gasteiger partial charge in [0.25, 0.3) is 0 Å². The summed E-state index contributed by atoms with van der Waals surface area (Å²) in [5.74, 6) is 0.108. The van der Waals surface area contributed by atoms with Gasteiger partial charge in [0.2, 0.25) is 10.0 Å². The van der Waals surface area contributed by atoms with Crippen molar-refractivity contribution in [2.75, 3.05) is 19.1 Å². The second-order valence-corrected chi connectivity index (χ2v) is 7.66. The van der Waals surface area contributed by atoms with Crippen LogP contribution in [0, 0.1) is 5.82 Å². The molecule has 0 aromatic heterocycles. The molecule has 0 aliphatic carbocycles. The van der Waals surface area contributed by atoms with Gasteiger partial charge in [0, 0.05) is 18.8 Å². The van der Waals surface area contributed by atoms with Gasteiger partial charge in [0.1, 0.15) is 5.82 Å². The lowest BCUT2D eigenvalue weighted by molar-refractivity contribution is 0.414. The third-order valence-corrected chi connectivity index (χ3v) is 6.02. The van der Waals surface area contributed by atoms with Crippen molar-refractivity contribution in [2.45, 2.75) is 17.9 Å². The van der Waals surface area contributed by atoms with E-state index in [1.807, 2.05) is 13.2 Å². The Bertz CT molecular complexity index is 522. The molecular formula is C11H15BrFNO2S2. The molecule has 0 N–H and O–H groups in total. The topological polar surface area (TPSA) is 37.4 Å². The average molecular weight is 356 g/mol. The van der Waals surface area contributed by atoms with Crippen LogP contribution in [0.5, 0.6) is 0 Å². The summed E-state index contributed by atoms with van der Waals surface area (Å²) in [6, 6.07) is 3.68. The van der Waals surface area contributed by atoms with Crippen molar-refractivity contribution in [1.82, 2.24) is 4.31 Å². The third kappa shape index (κ3) is 3.46. The number of sulfonamides is 1. The first-order valence-electron chi connectivity index (χ1n) is 5.22. The number of hydrogen-bond acceptors (Lipinski definition) is 3. The molecular weight excluding hydrogens is 341 g/mol. The van der Waals surface area contributed by atoms with Crippen LogP contribution in [0.15, 0.2) is 27.6 Å². The fourth-order valence-corrected chi connectivity index (χ4v) is 3.81. The van der Waals surface area contributed by atoms with E-state index in [0.717, 1.165) is 6.07 Å². The van der Waals surface area contributed by atoms with Gasteiger partial charge in [-0.15, -0.1) is 0 Å². The van der Waals surface area contributed by atoms with Crippen LogP contribution in [0.2, 0.25) is 0 Å². The fourth-order valence-electron chi connectivity index (χ4n) is 1.39. The molecule has 0 amide bonds. The maximum absolute atomic E-state index is 13.4. The highest BCUT2D eigenvalue weighted by Gasteiger charge is 2.25. The number of hydrogen-bond donors (Lipinski definition) is 0. The van der Waals surface area contributed by atoms with Gasteiger partial charge in [-0.3, -0.25) is 0 Å². The molecule has 7 heteroatoms. The zero-order chi connectivity index (χ0) is 13.9. The predicted molar refractivity (Wildman–Crippen MR) is 76.9 cm³/mol. The van der Waals surface area contributed by atoms with Crippen LogP contribution in [0.3, 0.4) is 0 Å². The van der Waals surface area contributed by atoms with Crippen molar-refractivity contribution < 1.29 is 12.8 Å². The van der Waals surface area contributed by atoms with Gasteiger partial charge in [-0.2, -0.15) is 16.1 Å². The minimum atomic E-state index is -3.64. The molecule has 0 saturated heterocycles. The summed E-state index contributed by atoms with van der Waals surface area (Å²) < 4.78 is 39.4. The number of benzene rings is 1. The lowest BCUT2D eigenvalue weighted by atomic mass is 10.3. The van der Waals surface area contributed by atoms with E-state index in [1.165, 1.54) is 23.5 Å². The van der Waals surface area contributed by atoms with Crippen LogP contribution in [0.25, 0.3) is 0 Å². The maximum atomic E-state index is 13.4. The first-order valence-corrected chi connectivity index (χ1v) is 8.85. The van der Waals surface area contributed by atoms with Gasteiger partial charge in [0.15, 0.2) is 0 Å². The van der Waals surface area contributed by atoms with Crippen molar-refractivity contribution in [3.05, 3.63) is 28.5 Å². The molecule has 0 saturated carbocycles. The molecule has 0 radical (unpaired) electrons. The molecule has 0 bridgehead atoms. The first-order chi connectivity index (χ1) is 8.30. The van der Waals surface area contributed by atoms with Crippen LogP contribution in [-0.4, -0.2) is 37.8 Å². The molecule has 0 aliphatic rings. The maximum Gasteiger partial charge on any atom is 0.243 e. The Morgan fingerprint density at radius 3 is 2.61 bits per heavy atom. The Morgan fingerprint density at radius 1 is 1.50 bits per heavy atom. The second-order valence-electron chi connectivity index (χ2n) is 3.90. The van der Waals surface area contributed by atoms with Crippen LogP contribution >= 0.6 is 27.7 Å². The Kier molecular flexibility index (Phi) is 5.64. The van der Waals surface area contributed by atoms with Crippen LogP contribution in [0.4, 0.5) is 4.39 Å². The van der Waals surface area contributed by atoms with E-state index in [4.69, 9.17) is 0 Å². The molecule has 1 unspecified atom stereocenters. The largest absolute Gasteiger partial charge is 0.243 e. The Balaban J connectivity index is 3.09. The smallest absolute Gasteiger partial charge is 0.207 e. The number of thioether (sulfide) groups is 1. The zero-order valence-corrected chi connectivity index (χ0v) is 13.6. The van der Waals surface area contributed by atoms with Gasteiger partial charge in [0.05, 0.1) is 9.37 Å². The predicted octanol–water partition coefficient (Wildman–Crippen LogP) is 2.96. The molecule has 1 atom stereocenters. The lowest BCUT2D eigenvalue weighted by Crippen LogP contribution is -2.36. The third-order valence-electron chi connectivity index (χ3n) is 2.60. The molecule has 0 aliphatic heterocycles. The SMILES string of the molecule is CSCC(C)N(C)S(=O)(=O)c1ccc(Br)c(F)c1. The van der Waals surface area contributed by atoms with Crippen molar-refractivity contribution in [1.29, 1.82) is 0 Å². The number of nitrogens with zero attached hydrogens (tertiary/aromatic N) is 1. The first kappa shape index (κ1) is 15.9. The van der Waals surface area contributed by atoms with Crippen LogP contribution < -0.4 is 0 Å². The second kappa shape index (κ2) is 6.36. The summed E-state index contributed by atoms with van der Waals surface area (Å²) in [5, 5.41) is 0. The van der Waals surface area contributed by atoms with Gasteiger partial charge in [-0.1, -0.05) is 0 Å². The molecule has 0 spiro atoms. The van der Waals surface area contributed by atoms with Crippen molar-refractivity contribution in [2.24, 2.45) is 0 Å². The summed E-state index contributed by atoms with van der Waals surface area (Å²) >= 11 is 4.57. The summed E-state index contributed by atoms with van der Waals surface area (Å²) in [7, 11) is -2.13. The molecule has 102 valence electrons. The van der Waals surface area contributed by atoms with E-state index in [-0.39, 0.29) is 15.4 Å². The molecule has 18 heavy (non-hydrogen) atoms. The Morgan fingerprint density at radius 2 is 2.11 bits per heavy atom. The monoisotopic (exact) mass is 355 g/mol. The van der Waals surface area contributed by atoms with E-state index >= 15 is 0 Å². The van der Waals surface area contributed by atoms with E-state index in [2.05, 4.69) is 15.9 Å². The van der Waals surface area contributed by atoms with E-state index < -0.39 is 15.8 Å². The van der Waals surface area contributed by atoms with E-state index in [9.17, 15) is 12.8 Å². The van der Waals surface area contributed by atoms with Gasteiger partial charge < -0.3 is 0 Å². The normalized spacial score (nSPS) is 13.9. The molecule has 1 aromatic rings. The van der Waals surface area contributed by atoms with Crippen LogP contribution in [-0.2, 0) is 10.0 Å². The molecule has 1 aromatic carbocycles. The minimum absolute atomic E-state index is 0.0290. The van der Waals surface area contributed by atoms with Crippen molar-refractivity contribution in [3.8, 4) is 0 Å². The average Bonchev–Trinajstić information content (AvgIpc) is 2.31. The Labute approximate surface area is 120 Å². The van der Waals surface area contributed by atoms with Gasteiger partial charge >= 0.3 is 0 Å². The van der Waals surface area contributed by atoms with Crippen molar-refractivity contribution in [3.63, 3.8) is 0 Å². The highest BCUT2D eigenvalue weighted by atomic mass is 79.9. The summed E-state index contributed by atoms with van der Waals surface area (Å²) in [6.45, 7) is 1.82. The summed E-state index contributed by atoms with van der Waals surface area (Å²) in [5.41, 5.74) is 0. The summed E-state index contributed by atoms with van der Waals surface area (Å²) in [6.07, 6.45) is 1.91. The molecule has 3 nitrogen and oxygen atoms in total. The van der Waals surface area contributed by atoms with E-state index in [1.54, 1.807) is 11.8 Å².